The fourth-order valence-electron chi connectivity index (χ4n) is 0.965. The summed E-state index contributed by atoms with van der Waals surface area (Å²) in [5.41, 5.74) is 0. The molecule has 0 radical (unpaired) electrons. The summed E-state index contributed by atoms with van der Waals surface area (Å²) in [5, 5.41) is 0. The second-order valence-electron chi connectivity index (χ2n) is 3.90. The molecule has 0 aromatic heterocycles. The second kappa shape index (κ2) is 20.2. The van der Waals surface area contributed by atoms with Gasteiger partial charge in [0, 0.05) is 0 Å². The zero-order valence-electron chi connectivity index (χ0n) is 14.3. The number of hydrogen-bond acceptors (Lipinski definition) is 5. The van der Waals surface area contributed by atoms with Gasteiger partial charge in [-0.05, 0) is 20.4 Å². The van der Waals surface area contributed by atoms with Gasteiger partial charge in [-0.1, -0.05) is 41.0 Å². The minimum Gasteiger partial charge on any atom is -0.465 e. The van der Waals surface area contributed by atoms with Gasteiger partial charge in [0.2, 0.25) is 0 Å². The molecule has 0 aliphatic carbocycles. The lowest BCUT2D eigenvalue weighted by atomic mass is 10.5. The van der Waals surface area contributed by atoms with Gasteiger partial charge in [0.05, 0.1) is 26.3 Å². The Bertz CT molecular complexity index is 220. The highest BCUT2D eigenvalue weighted by Gasteiger charge is 2.11. The van der Waals surface area contributed by atoms with E-state index in [1.807, 2.05) is 20.8 Å². The SMILES string of the molecule is CC.CCC.CCCOC(=O)CN(C)CC(=O)OCC. The molecule has 0 amide bonds. The first-order valence-corrected chi connectivity index (χ1v) is 7.51. The summed E-state index contributed by atoms with van der Waals surface area (Å²) in [6.07, 6.45) is 2.05. The van der Waals surface area contributed by atoms with Crippen molar-refractivity contribution in [3.63, 3.8) is 0 Å². The van der Waals surface area contributed by atoms with Crippen molar-refractivity contribution in [2.24, 2.45) is 0 Å². The van der Waals surface area contributed by atoms with E-state index in [0.717, 1.165) is 6.42 Å². The quantitative estimate of drug-likeness (QED) is 0.675. The molecule has 0 aromatic carbocycles. The third kappa shape index (κ3) is 22.1. The summed E-state index contributed by atoms with van der Waals surface area (Å²) in [6.45, 7) is 12.9. The van der Waals surface area contributed by atoms with Crippen molar-refractivity contribution < 1.29 is 19.1 Å². The van der Waals surface area contributed by atoms with Crippen LogP contribution < -0.4 is 0 Å². The number of likely N-dealkylation sites (N-methyl/N-ethyl adjacent to an activating group) is 1. The number of nitrogens with zero attached hydrogens (tertiary/aromatic N) is 1. The second-order valence-corrected chi connectivity index (χ2v) is 3.90. The van der Waals surface area contributed by atoms with Gasteiger partial charge in [0.1, 0.15) is 0 Å². The number of ether oxygens (including phenoxy) is 2. The van der Waals surface area contributed by atoms with Gasteiger partial charge >= 0.3 is 11.9 Å². The van der Waals surface area contributed by atoms with Crippen molar-refractivity contribution in [3.05, 3.63) is 0 Å². The van der Waals surface area contributed by atoms with Crippen LogP contribution in [0.5, 0.6) is 0 Å². The molecule has 0 spiro atoms. The Morgan fingerprint density at radius 3 is 1.65 bits per heavy atom. The summed E-state index contributed by atoms with van der Waals surface area (Å²) in [6, 6.07) is 0. The molecule has 0 saturated heterocycles. The maximum absolute atomic E-state index is 11.1. The van der Waals surface area contributed by atoms with Crippen molar-refractivity contribution in [2.75, 3.05) is 33.4 Å². The molecule has 0 fully saturated rings. The Morgan fingerprint density at radius 1 is 0.900 bits per heavy atom. The minimum atomic E-state index is -0.330. The van der Waals surface area contributed by atoms with E-state index in [0.29, 0.717) is 13.2 Å². The highest BCUT2D eigenvalue weighted by atomic mass is 16.5. The van der Waals surface area contributed by atoms with Crippen molar-refractivity contribution in [1.82, 2.24) is 4.90 Å². The first kappa shape index (κ1) is 24.0. The number of hydrogen-bond donors (Lipinski definition) is 0. The summed E-state index contributed by atoms with van der Waals surface area (Å²) in [5.74, 6) is -0.646. The van der Waals surface area contributed by atoms with Gasteiger partial charge in [-0.15, -0.1) is 0 Å². The average molecular weight is 291 g/mol. The topological polar surface area (TPSA) is 55.8 Å². The van der Waals surface area contributed by atoms with Crippen LogP contribution in [0.4, 0.5) is 0 Å². The van der Waals surface area contributed by atoms with Gasteiger partial charge in [-0.2, -0.15) is 0 Å². The first-order valence-electron chi connectivity index (χ1n) is 7.51. The highest BCUT2D eigenvalue weighted by Crippen LogP contribution is 1.89. The zero-order valence-corrected chi connectivity index (χ0v) is 14.3. The Labute approximate surface area is 124 Å². The molecule has 0 aromatic rings. The van der Waals surface area contributed by atoms with Crippen LogP contribution >= 0.6 is 0 Å². The van der Waals surface area contributed by atoms with E-state index in [1.165, 1.54) is 6.42 Å². The van der Waals surface area contributed by atoms with Crippen LogP contribution in [-0.2, 0) is 19.1 Å². The van der Waals surface area contributed by atoms with Crippen molar-refractivity contribution >= 4 is 11.9 Å². The van der Waals surface area contributed by atoms with Crippen LogP contribution in [-0.4, -0.2) is 50.2 Å². The predicted octanol–water partition coefficient (Wildman–Crippen LogP) is 2.88. The summed E-state index contributed by atoms with van der Waals surface area (Å²) in [7, 11) is 1.67. The average Bonchev–Trinajstić information content (AvgIpc) is 2.39. The summed E-state index contributed by atoms with van der Waals surface area (Å²) < 4.78 is 9.61. The van der Waals surface area contributed by atoms with E-state index in [-0.39, 0.29) is 25.0 Å². The minimum absolute atomic E-state index is 0.106. The molecule has 0 saturated carbocycles. The van der Waals surface area contributed by atoms with Gasteiger partial charge < -0.3 is 9.47 Å². The van der Waals surface area contributed by atoms with E-state index in [9.17, 15) is 9.59 Å². The summed E-state index contributed by atoms with van der Waals surface area (Å²) in [4.78, 5) is 23.7. The van der Waals surface area contributed by atoms with E-state index >= 15 is 0 Å². The molecule has 5 nitrogen and oxygen atoms in total. The summed E-state index contributed by atoms with van der Waals surface area (Å²) >= 11 is 0. The van der Waals surface area contributed by atoms with Crippen LogP contribution in [0.3, 0.4) is 0 Å². The Balaban J connectivity index is -0.000000505. The van der Waals surface area contributed by atoms with Gasteiger partial charge in [-0.25, -0.2) is 0 Å². The largest absolute Gasteiger partial charge is 0.465 e. The Hall–Kier alpha value is -1.10. The lowest BCUT2D eigenvalue weighted by molar-refractivity contribution is -0.147. The monoisotopic (exact) mass is 291 g/mol. The molecule has 0 heterocycles. The Morgan fingerprint density at radius 2 is 1.30 bits per heavy atom. The molecule has 0 bridgehead atoms. The van der Waals surface area contributed by atoms with E-state index in [1.54, 1.807) is 18.9 Å². The number of carbonyl (C=O) groups is 2. The lowest BCUT2D eigenvalue weighted by Crippen LogP contribution is -2.33. The standard InChI is InChI=1S/C10H19NO4.C3H8.C2H6/c1-4-6-15-10(13)8-11(3)7-9(12)14-5-2;1-3-2;1-2/h4-8H2,1-3H3;3H2,1-2H3;1-2H3. The number of carbonyl (C=O) groups excluding carboxylic acids is 2. The molecule has 0 aliphatic rings. The third-order valence-electron chi connectivity index (χ3n) is 1.57. The maximum Gasteiger partial charge on any atom is 0.320 e. The molecule has 5 heteroatoms. The van der Waals surface area contributed by atoms with Crippen molar-refractivity contribution in [2.45, 2.75) is 54.4 Å². The fraction of sp³-hybridized carbons (Fsp3) is 0.867. The van der Waals surface area contributed by atoms with Crippen LogP contribution in [0.15, 0.2) is 0 Å². The smallest absolute Gasteiger partial charge is 0.320 e. The van der Waals surface area contributed by atoms with E-state index in [2.05, 4.69) is 13.8 Å². The molecule has 0 atom stereocenters. The van der Waals surface area contributed by atoms with Crippen LogP contribution in [0.2, 0.25) is 0 Å². The zero-order chi connectivity index (χ0) is 16.4. The third-order valence-corrected chi connectivity index (χ3v) is 1.57. The fourth-order valence-corrected chi connectivity index (χ4v) is 0.965. The van der Waals surface area contributed by atoms with Crippen LogP contribution in [0.25, 0.3) is 0 Å². The normalized spacial score (nSPS) is 8.80. The van der Waals surface area contributed by atoms with Gasteiger partial charge in [0.15, 0.2) is 0 Å². The van der Waals surface area contributed by atoms with E-state index < -0.39 is 0 Å². The van der Waals surface area contributed by atoms with Crippen LogP contribution in [0, 0.1) is 0 Å². The molecule has 122 valence electrons. The number of rotatable bonds is 7. The molecule has 0 aliphatic heterocycles. The van der Waals surface area contributed by atoms with Crippen molar-refractivity contribution in [1.29, 1.82) is 0 Å². The predicted molar refractivity (Wildman–Crippen MR) is 82.7 cm³/mol. The Kier molecular flexibility index (Phi) is 24.2. The van der Waals surface area contributed by atoms with Gasteiger partial charge in [0.25, 0.3) is 0 Å². The van der Waals surface area contributed by atoms with Gasteiger partial charge in [-0.3, -0.25) is 14.5 Å². The maximum atomic E-state index is 11.1. The first-order chi connectivity index (χ1) is 9.51. The molecule has 0 rings (SSSR count). The van der Waals surface area contributed by atoms with E-state index in [4.69, 9.17) is 9.47 Å². The number of esters is 2. The lowest BCUT2D eigenvalue weighted by Gasteiger charge is -2.14. The molecular weight excluding hydrogens is 258 g/mol. The van der Waals surface area contributed by atoms with Crippen molar-refractivity contribution in [3.8, 4) is 0 Å². The van der Waals surface area contributed by atoms with Crippen LogP contribution in [0.1, 0.15) is 54.4 Å². The molecular formula is C15H33NO4. The molecule has 0 unspecified atom stereocenters. The molecule has 20 heavy (non-hydrogen) atoms. The highest BCUT2D eigenvalue weighted by molar-refractivity contribution is 5.74. The molecule has 0 N–H and O–H groups in total.